The third-order valence-corrected chi connectivity index (χ3v) is 2.70. The van der Waals surface area contributed by atoms with Gasteiger partial charge in [0.1, 0.15) is 6.10 Å². The van der Waals surface area contributed by atoms with Crippen molar-refractivity contribution in [3.05, 3.63) is 35.4 Å². The first kappa shape index (κ1) is 6.95. The Kier molecular flexibility index (Phi) is 1.20. The van der Waals surface area contributed by atoms with Gasteiger partial charge in [0.25, 0.3) is 0 Å². The number of fused-ring (bicyclic) bond motifs is 3. The van der Waals surface area contributed by atoms with E-state index >= 15 is 0 Å². The fourth-order valence-electron chi connectivity index (χ4n) is 2.13. The fourth-order valence-corrected chi connectivity index (χ4v) is 2.13. The predicted octanol–water partition coefficient (Wildman–Crippen LogP) is 1.39. The molecule has 0 bridgehead atoms. The maximum Gasteiger partial charge on any atom is 0.408 e. The second-order valence-electron chi connectivity index (χ2n) is 3.48. The molecular weight excluding hydrogens is 166 g/mol. The van der Waals surface area contributed by atoms with E-state index in [1.807, 2.05) is 18.2 Å². The summed E-state index contributed by atoms with van der Waals surface area (Å²) in [5.74, 6) is 0. The lowest BCUT2D eigenvalue weighted by molar-refractivity contribution is 0.136. The van der Waals surface area contributed by atoms with E-state index in [0.29, 0.717) is 0 Å². The van der Waals surface area contributed by atoms with Crippen LogP contribution in [0.1, 0.15) is 17.2 Å². The number of benzene rings is 1. The Morgan fingerprint density at radius 3 is 3.15 bits per heavy atom. The molecule has 1 aromatic rings. The molecule has 66 valence electrons. The SMILES string of the molecule is O=C1N[C@@H]2Cc3ccccc3[C@@H]2O1. The Morgan fingerprint density at radius 1 is 1.38 bits per heavy atom. The van der Waals surface area contributed by atoms with Crippen molar-refractivity contribution in [2.45, 2.75) is 18.6 Å². The summed E-state index contributed by atoms with van der Waals surface area (Å²) in [5, 5.41) is 2.80. The van der Waals surface area contributed by atoms with E-state index in [0.717, 1.165) is 12.0 Å². The van der Waals surface area contributed by atoms with Crippen LogP contribution in [0.3, 0.4) is 0 Å². The van der Waals surface area contributed by atoms with Crippen LogP contribution >= 0.6 is 0 Å². The van der Waals surface area contributed by atoms with Crippen LogP contribution in [-0.4, -0.2) is 12.1 Å². The Balaban J connectivity index is 2.06. The first-order valence-electron chi connectivity index (χ1n) is 4.39. The quantitative estimate of drug-likeness (QED) is 0.647. The third kappa shape index (κ3) is 0.869. The maximum absolute atomic E-state index is 10.9. The standard InChI is InChI=1S/C10H9NO2/c12-10-11-8-5-6-3-1-2-4-7(6)9(8)13-10/h1-4,8-9H,5H2,(H,11,12)/t8-,9+/m1/s1. The molecule has 0 saturated carbocycles. The van der Waals surface area contributed by atoms with Crippen LogP contribution in [0.5, 0.6) is 0 Å². The van der Waals surface area contributed by atoms with Crippen LogP contribution in [0.2, 0.25) is 0 Å². The number of amides is 1. The Morgan fingerprint density at radius 2 is 2.23 bits per heavy atom. The van der Waals surface area contributed by atoms with E-state index in [4.69, 9.17) is 4.74 Å². The first-order chi connectivity index (χ1) is 6.34. The monoisotopic (exact) mass is 175 g/mol. The molecule has 3 rings (SSSR count). The van der Waals surface area contributed by atoms with Crippen LogP contribution in [0.25, 0.3) is 0 Å². The molecule has 1 N–H and O–H groups in total. The fraction of sp³-hybridized carbons (Fsp3) is 0.300. The number of hydrogen-bond donors (Lipinski definition) is 1. The summed E-state index contributed by atoms with van der Waals surface area (Å²) < 4.78 is 5.16. The van der Waals surface area contributed by atoms with E-state index in [9.17, 15) is 4.79 Å². The van der Waals surface area contributed by atoms with Gasteiger partial charge in [-0.3, -0.25) is 0 Å². The second-order valence-corrected chi connectivity index (χ2v) is 3.48. The minimum atomic E-state index is -0.287. The molecule has 1 saturated heterocycles. The van der Waals surface area contributed by atoms with E-state index in [1.54, 1.807) is 0 Å². The topological polar surface area (TPSA) is 38.3 Å². The first-order valence-corrected chi connectivity index (χ1v) is 4.39. The Bertz CT molecular complexity index is 375. The molecule has 1 aromatic carbocycles. The average Bonchev–Trinajstić information content (AvgIpc) is 2.60. The molecule has 1 fully saturated rings. The average molecular weight is 175 g/mol. The van der Waals surface area contributed by atoms with Gasteiger partial charge in [-0.2, -0.15) is 0 Å². The second kappa shape index (κ2) is 2.25. The lowest BCUT2D eigenvalue weighted by Crippen LogP contribution is -2.25. The summed E-state index contributed by atoms with van der Waals surface area (Å²) in [6.45, 7) is 0. The lowest BCUT2D eigenvalue weighted by Gasteiger charge is -2.05. The van der Waals surface area contributed by atoms with Crippen LogP contribution in [0, 0.1) is 0 Å². The molecule has 1 amide bonds. The number of hydrogen-bond acceptors (Lipinski definition) is 2. The van der Waals surface area contributed by atoms with Gasteiger partial charge in [-0.15, -0.1) is 0 Å². The lowest BCUT2D eigenvalue weighted by atomic mass is 10.1. The predicted molar refractivity (Wildman–Crippen MR) is 46.3 cm³/mol. The highest BCUT2D eigenvalue weighted by Gasteiger charge is 2.41. The molecule has 0 unspecified atom stereocenters. The summed E-state index contributed by atoms with van der Waals surface area (Å²) in [4.78, 5) is 10.9. The van der Waals surface area contributed by atoms with Gasteiger partial charge in [-0.1, -0.05) is 24.3 Å². The molecule has 0 spiro atoms. The normalized spacial score (nSPS) is 29.1. The molecule has 2 atom stereocenters. The van der Waals surface area contributed by atoms with Crippen LogP contribution in [-0.2, 0) is 11.2 Å². The number of alkyl carbamates (subject to hydrolysis) is 1. The molecule has 1 heterocycles. The van der Waals surface area contributed by atoms with Gasteiger partial charge in [0, 0.05) is 0 Å². The number of carbonyl (C=O) groups is 1. The number of rotatable bonds is 0. The molecule has 0 aromatic heterocycles. The summed E-state index contributed by atoms with van der Waals surface area (Å²) in [5.41, 5.74) is 2.45. The maximum atomic E-state index is 10.9. The van der Waals surface area contributed by atoms with Crippen molar-refractivity contribution in [1.29, 1.82) is 0 Å². The van der Waals surface area contributed by atoms with Crippen LogP contribution in [0.15, 0.2) is 24.3 Å². The molecule has 3 nitrogen and oxygen atoms in total. The van der Waals surface area contributed by atoms with Crippen molar-refractivity contribution >= 4 is 6.09 Å². The van der Waals surface area contributed by atoms with Gasteiger partial charge in [-0.25, -0.2) is 4.79 Å². The van der Waals surface area contributed by atoms with Gasteiger partial charge in [0.05, 0.1) is 6.04 Å². The number of nitrogens with one attached hydrogen (secondary N) is 1. The van der Waals surface area contributed by atoms with Crippen molar-refractivity contribution in [2.24, 2.45) is 0 Å². The molecule has 1 aliphatic carbocycles. The van der Waals surface area contributed by atoms with E-state index in [-0.39, 0.29) is 18.2 Å². The zero-order valence-corrected chi connectivity index (χ0v) is 6.99. The molecule has 2 aliphatic rings. The van der Waals surface area contributed by atoms with E-state index in [2.05, 4.69) is 11.4 Å². The van der Waals surface area contributed by atoms with Crippen LogP contribution < -0.4 is 5.32 Å². The van der Waals surface area contributed by atoms with E-state index < -0.39 is 0 Å². The Labute approximate surface area is 75.7 Å². The Hall–Kier alpha value is -1.51. The molecular formula is C10H9NO2. The zero-order chi connectivity index (χ0) is 8.84. The summed E-state index contributed by atoms with van der Waals surface area (Å²) in [6, 6.07) is 8.27. The number of carbonyl (C=O) groups excluding carboxylic acids is 1. The molecule has 13 heavy (non-hydrogen) atoms. The number of ether oxygens (including phenoxy) is 1. The minimum Gasteiger partial charge on any atom is -0.439 e. The molecule has 0 radical (unpaired) electrons. The van der Waals surface area contributed by atoms with Crippen molar-refractivity contribution in [3.63, 3.8) is 0 Å². The third-order valence-electron chi connectivity index (χ3n) is 2.70. The van der Waals surface area contributed by atoms with E-state index in [1.165, 1.54) is 5.56 Å². The van der Waals surface area contributed by atoms with Crippen molar-refractivity contribution in [3.8, 4) is 0 Å². The van der Waals surface area contributed by atoms with Crippen molar-refractivity contribution < 1.29 is 9.53 Å². The van der Waals surface area contributed by atoms with Gasteiger partial charge in [0.2, 0.25) is 0 Å². The van der Waals surface area contributed by atoms with Crippen molar-refractivity contribution in [2.75, 3.05) is 0 Å². The van der Waals surface area contributed by atoms with Crippen molar-refractivity contribution in [1.82, 2.24) is 5.32 Å². The van der Waals surface area contributed by atoms with Crippen LogP contribution in [0.4, 0.5) is 4.79 Å². The minimum absolute atomic E-state index is 0.0521. The van der Waals surface area contributed by atoms with Gasteiger partial charge in [0.15, 0.2) is 0 Å². The van der Waals surface area contributed by atoms with Gasteiger partial charge < -0.3 is 10.1 Å². The highest BCUT2D eigenvalue weighted by Crippen LogP contribution is 2.37. The molecule has 3 heteroatoms. The zero-order valence-electron chi connectivity index (χ0n) is 6.99. The van der Waals surface area contributed by atoms with Gasteiger partial charge in [-0.05, 0) is 17.5 Å². The highest BCUT2D eigenvalue weighted by atomic mass is 16.6. The van der Waals surface area contributed by atoms with Gasteiger partial charge >= 0.3 is 6.09 Å². The highest BCUT2D eigenvalue weighted by molar-refractivity contribution is 5.71. The smallest absolute Gasteiger partial charge is 0.408 e. The molecule has 1 aliphatic heterocycles. The summed E-state index contributed by atoms with van der Waals surface area (Å²) >= 11 is 0. The summed E-state index contributed by atoms with van der Waals surface area (Å²) in [7, 11) is 0. The summed E-state index contributed by atoms with van der Waals surface area (Å²) in [6.07, 6.45) is 0.556. The largest absolute Gasteiger partial charge is 0.439 e.